The molecule has 3 aromatic rings. The smallest absolute Gasteiger partial charge is 0.254 e. The Morgan fingerprint density at radius 2 is 1.62 bits per heavy atom. The summed E-state index contributed by atoms with van der Waals surface area (Å²) in [6.45, 7) is 5.24. The van der Waals surface area contributed by atoms with Crippen molar-refractivity contribution in [3.63, 3.8) is 0 Å². The van der Waals surface area contributed by atoms with Crippen LogP contribution in [-0.4, -0.2) is 36.9 Å². The van der Waals surface area contributed by atoms with Gasteiger partial charge in [0.25, 0.3) is 5.91 Å². The molecule has 5 heteroatoms. The van der Waals surface area contributed by atoms with Crippen LogP contribution in [0.5, 0.6) is 5.75 Å². The first-order chi connectivity index (χ1) is 15.5. The van der Waals surface area contributed by atoms with Crippen LogP contribution in [0.4, 0.5) is 0 Å². The maximum absolute atomic E-state index is 13.3. The molecule has 3 aromatic carbocycles. The maximum Gasteiger partial charge on any atom is 0.254 e. The van der Waals surface area contributed by atoms with Crippen molar-refractivity contribution in [2.24, 2.45) is 5.92 Å². The third-order valence-corrected chi connectivity index (χ3v) is 6.50. The van der Waals surface area contributed by atoms with Crippen LogP contribution in [0.15, 0.2) is 60.7 Å². The van der Waals surface area contributed by atoms with E-state index in [0.29, 0.717) is 31.5 Å². The predicted molar refractivity (Wildman–Crippen MR) is 127 cm³/mol. The van der Waals surface area contributed by atoms with Gasteiger partial charge in [-0.25, -0.2) is 0 Å². The van der Waals surface area contributed by atoms with Crippen molar-refractivity contribution in [1.82, 2.24) is 10.2 Å². The zero-order chi connectivity index (χ0) is 22.7. The second kappa shape index (κ2) is 9.43. The molecule has 0 radical (unpaired) electrons. The minimum atomic E-state index is -0.0712. The van der Waals surface area contributed by atoms with E-state index >= 15 is 0 Å². The Bertz CT molecular complexity index is 1130. The highest BCUT2D eigenvalue weighted by Crippen LogP contribution is 2.30. The van der Waals surface area contributed by atoms with E-state index in [-0.39, 0.29) is 23.8 Å². The van der Waals surface area contributed by atoms with Gasteiger partial charge in [0, 0.05) is 30.0 Å². The molecule has 0 aliphatic carbocycles. The molecule has 1 fully saturated rings. The van der Waals surface area contributed by atoms with Crippen molar-refractivity contribution in [1.29, 1.82) is 0 Å². The summed E-state index contributed by atoms with van der Waals surface area (Å²) in [5.41, 5.74) is 2.99. The lowest BCUT2D eigenvalue weighted by Gasteiger charge is -2.32. The van der Waals surface area contributed by atoms with Gasteiger partial charge in [0.15, 0.2) is 0 Å². The summed E-state index contributed by atoms with van der Waals surface area (Å²) in [6, 6.07) is 19.6. The van der Waals surface area contributed by atoms with Gasteiger partial charge in [-0.15, -0.1) is 0 Å². The van der Waals surface area contributed by atoms with E-state index < -0.39 is 0 Å². The molecular weight excluding hydrogens is 400 g/mol. The Kier molecular flexibility index (Phi) is 6.45. The lowest BCUT2D eigenvalue weighted by atomic mass is 9.93. The number of likely N-dealkylation sites (tertiary alicyclic amines) is 1. The van der Waals surface area contributed by atoms with Crippen molar-refractivity contribution in [2.45, 2.75) is 32.7 Å². The number of nitrogens with zero attached hydrogens (tertiary/aromatic N) is 1. The van der Waals surface area contributed by atoms with E-state index in [1.807, 2.05) is 60.4 Å². The summed E-state index contributed by atoms with van der Waals surface area (Å²) in [5.74, 6) is 0.771. The average molecular weight is 431 g/mol. The summed E-state index contributed by atoms with van der Waals surface area (Å²) in [7, 11) is 1.64. The first-order valence-electron chi connectivity index (χ1n) is 11.2. The molecule has 5 nitrogen and oxygen atoms in total. The Morgan fingerprint density at radius 3 is 2.31 bits per heavy atom. The van der Waals surface area contributed by atoms with Crippen molar-refractivity contribution < 1.29 is 14.3 Å². The van der Waals surface area contributed by atoms with Crippen LogP contribution in [0.2, 0.25) is 0 Å². The molecular formula is C27H30N2O3. The van der Waals surface area contributed by atoms with Crippen LogP contribution in [0.1, 0.15) is 47.3 Å². The van der Waals surface area contributed by atoms with Gasteiger partial charge in [-0.3, -0.25) is 9.59 Å². The lowest BCUT2D eigenvalue weighted by molar-refractivity contribution is -0.127. The fraction of sp³-hybridized carbons (Fsp3) is 0.333. The molecule has 0 saturated carbocycles. The van der Waals surface area contributed by atoms with Gasteiger partial charge in [-0.1, -0.05) is 48.5 Å². The topological polar surface area (TPSA) is 58.6 Å². The van der Waals surface area contributed by atoms with E-state index in [1.54, 1.807) is 7.11 Å². The zero-order valence-corrected chi connectivity index (χ0v) is 18.9. The van der Waals surface area contributed by atoms with Crippen molar-refractivity contribution in [3.05, 3.63) is 77.4 Å². The van der Waals surface area contributed by atoms with Gasteiger partial charge >= 0.3 is 0 Å². The number of carbonyl (C=O) groups excluding carboxylic acids is 2. The molecule has 1 aliphatic rings. The number of amides is 2. The molecule has 1 saturated heterocycles. The quantitative estimate of drug-likeness (QED) is 0.627. The number of methoxy groups -OCH3 is 1. The largest absolute Gasteiger partial charge is 0.496 e. The number of hydrogen-bond acceptors (Lipinski definition) is 3. The third kappa shape index (κ3) is 4.33. The normalized spacial score (nSPS) is 15.4. The molecule has 0 unspecified atom stereocenters. The van der Waals surface area contributed by atoms with Crippen LogP contribution in [0, 0.1) is 12.8 Å². The molecule has 1 aliphatic heterocycles. The van der Waals surface area contributed by atoms with Gasteiger partial charge in [0.1, 0.15) is 5.75 Å². The summed E-state index contributed by atoms with van der Waals surface area (Å²) < 4.78 is 5.45. The van der Waals surface area contributed by atoms with Crippen molar-refractivity contribution in [3.8, 4) is 5.75 Å². The number of aryl methyl sites for hydroxylation is 1. The molecule has 1 atom stereocenters. The number of nitrogens with one attached hydrogen (secondary N) is 1. The molecule has 2 amide bonds. The molecule has 32 heavy (non-hydrogen) atoms. The molecule has 166 valence electrons. The Hall–Kier alpha value is -3.34. The van der Waals surface area contributed by atoms with E-state index in [9.17, 15) is 9.59 Å². The standard InChI is InChI=1S/C27H30N2O3/c1-18-8-4-5-9-21(18)19(2)28-26(30)20-14-16-29(17-15-20)27(31)24-12-13-25(32-3)23-11-7-6-10-22(23)24/h4-13,19-20H,14-17H2,1-3H3,(H,28,30)/t19-/m0/s1. The first-order valence-corrected chi connectivity index (χ1v) is 11.2. The van der Waals surface area contributed by atoms with Crippen molar-refractivity contribution in [2.75, 3.05) is 20.2 Å². The second-order valence-corrected chi connectivity index (χ2v) is 8.51. The highest BCUT2D eigenvalue weighted by atomic mass is 16.5. The minimum Gasteiger partial charge on any atom is -0.496 e. The van der Waals surface area contributed by atoms with Crippen LogP contribution in [-0.2, 0) is 4.79 Å². The van der Waals surface area contributed by atoms with Crippen LogP contribution < -0.4 is 10.1 Å². The zero-order valence-electron chi connectivity index (χ0n) is 18.9. The van der Waals surface area contributed by atoms with Crippen LogP contribution in [0.3, 0.4) is 0 Å². The fourth-order valence-corrected chi connectivity index (χ4v) is 4.63. The van der Waals surface area contributed by atoms with E-state index in [2.05, 4.69) is 24.4 Å². The van der Waals surface area contributed by atoms with Gasteiger partial charge < -0.3 is 15.0 Å². The van der Waals surface area contributed by atoms with Crippen molar-refractivity contribution >= 4 is 22.6 Å². The number of benzene rings is 3. The van der Waals surface area contributed by atoms with Crippen LogP contribution in [0.25, 0.3) is 10.8 Å². The van der Waals surface area contributed by atoms with Gasteiger partial charge in [-0.05, 0) is 55.3 Å². The maximum atomic E-state index is 13.3. The van der Waals surface area contributed by atoms with Gasteiger partial charge in [0.2, 0.25) is 5.91 Å². The number of fused-ring (bicyclic) bond motifs is 1. The highest BCUT2D eigenvalue weighted by Gasteiger charge is 2.29. The summed E-state index contributed by atoms with van der Waals surface area (Å²) in [5, 5.41) is 4.99. The van der Waals surface area contributed by atoms with E-state index in [1.165, 1.54) is 5.56 Å². The summed E-state index contributed by atoms with van der Waals surface area (Å²) >= 11 is 0. The second-order valence-electron chi connectivity index (χ2n) is 8.51. The third-order valence-electron chi connectivity index (χ3n) is 6.50. The number of carbonyl (C=O) groups is 2. The van der Waals surface area contributed by atoms with Gasteiger partial charge in [-0.2, -0.15) is 0 Å². The SMILES string of the molecule is COc1ccc(C(=O)N2CCC(C(=O)N[C@@H](C)c3ccccc3C)CC2)c2ccccc12. The summed E-state index contributed by atoms with van der Waals surface area (Å²) in [6.07, 6.45) is 1.35. The number of rotatable bonds is 5. The molecule has 0 bridgehead atoms. The van der Waals surface area contributed by atoms with E-state index in [4.69, 9.17) is 4.74 Å². The monoisotopic (exact) mass is 430 g/mol. The number of hydrogen-bond donors (Lipinski definition) is 1. The van der Waals surface area contributed by atoms with E-state index in [0.717, 1.165) is 22.1 Å². The summed E-state index contributed by atoms with van der Waals surface area (Å²) in [4.78, 5) is 28.0. The predicted octanol–water partition coefficient (Wildman–Crippen LogP) is 4.89. The highest BCUT2D eigenvalue weighted by molar-refractivity contribution is 6.08. The Morgan fingerprint density at radius 1 is 0.969 bits per heavy atom. The molecule has 1 heterocycles. The van der Waals surface area contributed by atoms with Gasteiger partial charge in [0.05, 0.1) is 13.2 Å². The number of piperidine rings is 1. The minimum absolute atomic E-state index is 0.0102. The van der Waals surface area contributed by atoms with Crippen LogP contribution >= 0.6 is 0 Å². The molecule has 0 spiro atoms. The first kappa shape index (κ1) is 21.9. The number of ether oxygens (including phenoxy) is 1. The molecule has 1 N–H and O–H groups in total. The Balaban J connectivity index is 1.41. The molecule has 4 rings (SSSR count). The average Bonchev–Trinajstić information content (AvgIpc) is 2.83. The lowest BCUT2D eigenvalue weighted by Crippen LogP contribution is -2.43. The fourth-order valence-electron chi connectivity index (χ4n) is 4.63. The Labute approximate surface area is 189 Å². The molecule has 0 aromatic heterocycles.